The molecule has 1 aliphatic heterocycles. The summed E-state index contributed by atoms with van der Waals surface area (Å²) in [6.45, 7) is 1.41. The molecule has 3 nitrogen and oxygen atoms in total. The van der Waals surface area contributed by atoms with E-state index in [1.807, 2.05) is 23.9 Å². The molecule has 1 atom stereocenters. The topological polar surface area (TPSA) is 32.5 Å². The Morgan fingerprint density at radius 1 is 1.35 bits per heavy atom. The summed E-state index contributed by atoms with van der Waals surface area (Å²) in [6.07, 6.45) is -2.55. The molecule has 0 aliphatic carbocycles. The molecule has 0 aromatic heterocycles. The maximum atomic E-state index is 13.2. The van der Waals surface area contributed by atoms with E-state index >= 15 is 0 Å². The summed E-state index contributed by atoms with van der Waals surface area (Å²) in [7, 11) is 3.87. The Morgan fingerprint density at radius 2 is 2.05 bits per heavy atom. The monoisotopic (exact) mass is 287 g/mol. The molecule has 1 heterocycles. The minimum atomic E-state index is -4.38. The van der Waals surface area contributed by atoms with Gasteiger partial charge in [-0.05, 0) is 45.1 Å². The van der Waals surface area contributed by atoms with Gasteiger partial charge in [0.1, 0.15) is 0 Å². The maximum absolute atomic E-state index is 13.2. The molecule has 20 heavy (non-hydrogen) atoms. The third-order valence-corrected chi connectivity index (χ3v) is 3.59. The van der Waals surface area contributed by atoms with Crippen molar-refractivity contribution >= 4 is 11.4 Å². The van der Waals surface area contributed by atoms with E-state index in [-0.39, 0.29) is 17.4 Å². The first-order valence-electron chi connectivity index (χ1n) is 6.67. The number of rotatable bonds is 3. The van der Waals surface area contributed by atoms with E-state index in [1.165, 1.54) is 12.1 Å². The zero-order valence-corrected chi connectivity index (χ0v) is 11.7. The molecule has 0 radical (unpaired) electrons. The number of nitrogen functional groups attached to an aromatic ring is 1. The smallest absolute Gasteiger partial charge is 0.399 e. The third kappa shape index (κ3) is 3.17. The lowest BCUT2D eigenvalue weighted by molar-refractivity contribution is -0.137. The van der Waals surface area contributed by atoms with E-state index in [2.05, 4.69) is 0 Å². The first-order valence-corrected chi connectivity index (χ1v) is 6.67. The lowest BCUT2D eigenvalue weighted by atomic mass is 10.1. The molecule has 1 fully saturated rings. The lowest BCUT2D eigenvalue weighted by Crippen LogP contribution is -2.38. The van der Waals surface area contributed by atoms with Gasteiger partial charge in [0.15, 0.2) is 0 Å². The molecule has 6 heteroatoms. The summed E-state index contributed by atoms with van der Waals surface area (Å²) in [4.78, 5) is 3.87. The van der Waals surface area contributed by atoms with Crippen LogP contribution in [0.4, 0.5) is 24.5 Å². The average Bonchev–Trinajstić information content (AvgIpc) is 2.75. The van der Waals surface area contributed by atoms with Crippen LogP contribution in [0.2, 0.25) is 0 Å². The number of nitrogens with two attached hydrogens (primary N) is 1. The van der Waals surface area contributed by atoms with Crippen molar-refractivity contribution in [1.29, 1.82) is 0 Å². The van der Waals surface area contributed by atoms with E-state index < -0.39 is 11.7 Å². The molecule has 0 saturated carbocycles. The van der Waals surface area contributed by atoms with Gasteiger partial charge in [0, 0.05) is 30.5 Å². The van der Waals surface area contributed by atoms with E-state index in [1.54, 1.807) is 0 Å². The number of hydrogen-bond donors (Lipinski definition) is 1. The molecular formula is C14H20F3N3. The van der Waals surface area contributed by atoms with Gasteiger partial charge in [-0.3, -0.25) is 0 Å². The third-order valence-electron chi connectivity index (χ3n) is 3.59. The standard InChI is InChI=1S/C14H20F3N3/c1-19(2)9-11-4-3-7-20(11)13-6-5-10(18)8-12(13)14(15,16)17/h5-6,8,11H,3-4,7,9,18H2,1-2H3. The summed E-state index contributed by atoms with van der Waals surface area (Å²) >= 11 is 0. The Balaban J connectivity index is 2.36. The molecule has 112 valence electrons. The van der Waals surface area contributed by atoms with Gasteiger partial charge in [-0.2, -0.15) is 13.2 Å². The van der Waals surface area contributed by atoms with Crippen LogP contribution in [0.15, 0.2) is 18.2 Å². The Kier molecular flexibility index (Phi) is 4.13. The fraction of sp³-hybridized carbons (Fsp3) is 0.571. The quantitative estimate of drug-likeness (QED) is 0.868. The zero-order chi connectivity index (χ0) is 14.9. The molecule has 1 unspecified atom stereocenters. The van der Waals surface area contributed by atoms with Gasteiger partial charge in [0.05, 0.1) is 5.56 Å². The van der Waals surface area contributed by atoms with Gasteiger partial charge in [0.25, 0.3) is 0 Å². The van der Waals surface area contributed by atoms with E-state index in [0.29, 0.717) is 6.54 Å². The Morgan fingerprint density at radius 3 is 2.65 bits per heavy atom. The van der Waals surface area contributed by atoms with Crippen LogP contribution in [0.3, 0.4) is 0 Å². The Bertz CT molecular complexity index is 471. The molecule has 0 amide bonds. The molecule has 0 bridgehead atoms. The van der Waals surface area contributed by atoms with Gasteiger partial charge in [0.2, 0.25) is 0 Å². The van der Waals surface area contributed by atoms with E-state index in [0.717, 1.165) is 25.5 Å². The summed E-state index contributed by atoms with van der Waals surface area (Å²) in [6, 6.07) is 4.18. The fourth-order valence-electron chi connectivity index (χ4n) is 2.80. The van der Waals surface area contributed by atoms with E-state index in [4.69, 9.17) is 5.73 Å². The lowest BCUT2D eigenvalue weighted by Gasteiger charge is -2.31. The average molecular weight is 287 g/mol. The van der Waals surface area contributed by atoms with Crippen LogP contribution >= 0.6 is 0 Å². The van der Waals surface area contributed by atoms with Crippen molar-refractivity contribution in [2.75, 3.05) is 37.8 Å². The van der Waals surface area contributed by atoms with Crippen molar-refractivity contribution in [1.82, 2.24) is 4.90 Å². The van der Waals surface area contributed by atoms with Gasteiger partial charge in [-0.25, -0.2) is 0 Å². The normalized spacial score (nSPS) is 19.9. The zero-order valence-electron chi connectivity index (χ0n) is 11.7. The van der Waals surface area contributed by atoms with Gasteiger partial charge < -0.3 is 15.5 Å². The predicted molar refractivity (Wildman–Crippen MR) is 74.8 cm³/mol. The second kappa shape index (κ2) is 5.52. The molecular weight excluding hydrogens is 267 g/mol. The molecule has 0 spiro atoms. The van der Waals surface area contributed by atoms with Crippen molar-refractivity contribution in [3.63, 3.8) is 0 Å². The highest BCUT2D eigenvalue weighted by Crippen LogP contribution is 2.40. The van der Waals surface area contributed by atoms with Crippen molar-refractivity contribution in [2.24, 2.45) is 0 Å². The summed E-state index contributed by atoms with van der Waals surface area (Å²) in [5, 5.41) is 0. The number of alkyl halides is 3. The molecule has 1 aromatic carbocycles. The molecule has 2 rings (SSSR count). The van der Waals surface area contributed by atoms with Crippen LogP contribution in [0.25, 0.3) is 0 Å². The van der Waals surface area contributed by atoms with Crippen molar-refractivity contribution in [3.05, 3.63) is 23.8 Å². The number of benzene rings is 1. The van der Waals surface area contributed by atoms with Crippen LogP contribution in [0, 0.1) is 0 Å². The number of likely N-dealkylation sites (N-methyl/N-ethyl adjacent to an activating group) is 1. The summed E-state index contributed by atoms with van der Waals surface area (Å²) in [5.74, 6) is 0. The maximum Gasteiger partial charge on any atom is 0.418 e. The predicted octanol–water partition coefficient (Wildman–Crippen LogP) is 2.82. The Labute approximate surface area is 117 Å². The highest BCUT2D eigenvalue weighted by atomic mass is 19.4. The van der Waals surface area contributed by atoms with Gasteiger partial charge >= 0.3 is 6.18 Å². The van der Waals surface area contributed by atoms with Gasteiger partial charge in [-0.15, -0.1) is 0 Å². The molecule has 1 saturated heterocycles. The van der Waals surface area contributed by atoms with Crippen molar-refractivity contribution < 1.29 is 13.2 Å². The van der Waals surface area contributed by atoms with Crippen LogP contribution < -0.4 is 10.6 Å². The number of nitrogens with zero attached hydrogens (tertiary/aromatic N) is 2. The summed E-state index contributed by atoms with van der Waals surface area (Å²) in [5.41, 5.74) is 5.26. The van der Waals surface area contributed by atoms with Crippen LogP contribution in [0.5, 0.6) is 0 Å². The van der Waals surface area contributed by atoms with Crippen molar-refractivity contribution in [2.45, 2.75) is 25.1 Å². The van der Waals surface area contributed by atoms with E-state index in [9.17, 15) is 13.2 Å². The van der Waals surface area contributed by atoms with Gasteiger partial charge in [-0.1, -0.05) is 0 Å². The van der Waals surface area contributed by atoms with Crippen LogP contribution in [-0.4, -0.2) is 38.1 Å². The SMILES string of the molecule is CN(C)CC1CCCN1c1ccc(N)cc1C(F)(F)F. The Hall–Kier alpha value is -1.43. The molecule has 1 aliphatic rings. The number of hydrogen-bond acceptors (Lipinski definition) is 3. The highest BCUT2D eigenvalue weighted by molar-refractivity contribution is 5.62. The number of anilines is 2. The van der Waals surface area contributed by atoms with Crippen LogP contribution in [-0.2, 0) is 6.18 Å². The largest absolute Gasteiger partial charge is 0.418 e. The first kappa shape index (κ1) is 15.0. The molecule has 1 aromatic rings. The summed E-state index contributed by atoms with van der Waals surface area (Å²) < 4.78 is 39.5. The second-order valence-electron chi connectivity index (χ2n) is 5.53. The second-order valence-corrected chi connectivity index (χ2v) is 5.53. The molecule has 2 N–H and O–H groups in total. The van der Waals surface area contributed by atoms with Crippen molar-refractivity contribution in [3.8, 4) is 0 Å². The van der Waals surface area contributed by atoms with Crippen LogP contribution in [0.1, 0.15) is 18.4 Å². The highest BCUT2D eigenvalue weighted by Gasteiger charge is 2.37. The minimum Gasteiger partial charge on any atom is -0.399 e. The first-order chi connectivity index (χ1) is 9.29. The minimum absolute atomic E-state index is 0.120. The number of halogens is 3. The fourth-order valence-corrected chi connectivity index (χ4v) is 2.80.